The SMILES string of the molecule is CC(=O)O.Cl.[Mn]. The Hall–Kier alpha value is 0.279. The van der Waals surface area contributed by atoms with Crippen molar-refractivity contribution in [2.45, 2.75) is 6.92 Å². The second-order valence-electron chi connectivity index (χ2n) is 0.519. The summed E-state index contributed by atoms with van der Waals surface area (Å²) < 4.78 is 0. The maximum atomic E-state index is 9.00. The number of hydrogen-bond donors (Lipinski definition) is 1. The van der Waals surface area contributed by atoms with Gasteiger partial charge < -0.3 is 5.11 Å². The van der Waals surface area contributed by atoms with Gasteiger partial charge in [0.05, 0.1) is 0 Å². The minimum atomic E-state index is -0.833. The predicted octanol–water partition coefficient (Wildman–Crippen LogP) is 0.510. The van der Waals surface area contributed by atoms with E-state index in [-0.39, 0.29) is 29.5 Å². The average Bonchev–Trinajstić information content (AvgIpc) is 0.811. The second-order valence-corrected chi connectivity index (χ2v) is 0.519. The molecule has 39 valence electrons. The molecule has 4 heteroatoms. The van der Waals surface area contributed by atoms with E-state index in [1.165, 1.54) is 0 Å². The van der Waals surface area contributed by atoms with Crippen LogP contribution in [0.4, 0.5) is 0 Å². The molecule has 0 unspecified atom stereocenters. The first-order chi connectivity index (χ1) is 1.73. The van der Waals surface area contributed by atoms with Crippen molar-refractivity contribution in [1.82, 2.24) is 0 Å². The number of halogens is 1. The van der Waals surface area contributed by atoms with Crippen molar-refractivity contribution in [3.8, 4) is 0 Å². The Morgan fingerprint density at radius 1 is 1.67 bits per heavy atom. The molecule has 0 aromatic heterocycles. The monoisotopic (exact) mass is 151 g/mol. The molecule has 0 aliphatic carbocycles. The van der Waals surface area contributed by atoms with E-state index in [2.05, 4.69) is 0 Å². The first kappa shape index (κ1) is 16.3. The molecule has 1 radical (unpaired) electrons. The molecule has 0 fully saturated rings. The minimum absolute atomic E-state index is 0. The molecule has 0 heterocycles. The van der Waals surface area contributed by atoms with E-state index < -0.39 is 5.97 Å². The van der Waals surface area contributed by atoms with Crippen molar-refractivity contribution >= 4 is 18.4 Å². The predicted molar refractivity (Wildman–Crippen MR) is 20.6 cm³/mol. The van der Waals surface area contributed by atoms with Crippen molar-refractivity contribution in [3.63, 3.8) is 0 Å². The Kier molecular flexibility index (Phi) is 24.4. The molecule has 0 spiro atoms. The Morgan fingerprint density at radius 2 is 1.67 bits per heavy atom. The van der Waals surface area contributed by atoms with Gasteiger partial charge in [0.25, 0.3) is 5.97 Å². The number of aliphatic carboxylic acids is 1. The van der Waals surface area contributed by atoms with Crippen LogP contribution in [0.25, 0.3) is 0 Å². The average molecular weight is 151 g/mol. The van der Waals surface area contributed by atoms with Crippen molar-refractivity contribution in [3.05, 3.63) is 0 Å². The fourth-order valence-corrected chi connectivity index (χ4v) is 0. The zero-order chi connectivity index (χ0) is 3.58. The summed E-state index contributed by atoms with van der Waals surface area (Å²) in [7, 11) is 0. The first-order valence-electron chi connectivity index (χ1n) is 0.928. The third kappa shape index (κ3) is 589. The van der Waals surface area contributed by atoms with Crippen LogP contribution < -0.4 is 0 Å². The van der Waals surface area contributed by atoms with Gasteiger partial charge in [-0.25, -0.2) is 0 Å². The van der Waals surface area contributed by atoms with Crippen LogP contribution in [-0.2, 0) is 21.9 Å². The maximum absolute atomic E-state index is 9.00. The molecule has 0 amide bonds. The van der Waals surface area contributed by atoms with Gasteiger partial charge in [0.2, 0.25) is 0 Å². The van der Waals surface area contributed by atoms with E-state index in [9.17, 15) is 0 Å². The summed E-state index contributed by atoms with van der Waals surface area (Å²) in [6.45, 7) is 1.08. The topological polar surface area (TPSA) is 37.3 Å². The molecular formula is C2H5ClMnO2. The summed E-state index contributed by atoms with van der Waals surface area (Å²) in [6, 6.07) is 0. The number of rotatable bonds is 0. The van der Waals surface area contributed by atoms with Gasteiger partial charge in [-0.2, -0.15) is 0 Å². The van der Waals surface area contributed by atoms with E-state index >= 15 is 0 Å². The molecule has 0 saturated carbocycles. The van der Waals surface area contributed by atoms with Gasteiger partial charge in [-0.1, -0.05) is 0 Å². The normalized spacial score (nSPS) is 4.17. The number of carboxylic acid groups (broad SMARTS) is 1. The van der Waals surface area contributed by atoms with E-state index in [0.29, 0.717) is 0 Å². The van der Waals surface area contributed by atoms with Crippen molar-refractivity contribution < 1.29 is 27.0 Å². The number of carboxylic acids is 1. The summed E-state index contributed by atoms with van der Waals surface area (Å²) >= 11 is 0. The van der Waals surface area contributed by atoms with E-state index in [1.807, 2.05) is 0 Å². The Bertz CT molecular complexity index is 34.5. The third-order valence-electron chi connectivity index (χ3n) is 0. The summed E-state index contributed by atoms with van der Waals surface area (Å²) in [4.78, 5) is 9.00. The van der Waals surface area contributed by atoms with Crippen LogP contribution in [0.2, 0.25) is 0 Å². The third-order valence-corrected chi connectivity index (χ3v) is 0. The van der Waals surface area contributed by atoms with Gasteiger partial charge in [-0.15, -0.1) is 12.4 Å². The van der Waals surface area contributed by atoms with Gasteiger partial charge in [0, 0.05) is 24.0 Å². The molecule has 0 rings (SSSR count). The van der Waals surface area contributed by atoms with Crippen LogP contribution in [0, 0.1) is 0 Å². The van der Waals surface area contributed by atoms with Crippen LogP contribution in [0.15, 0.2) is 0 Å². The maximum Gasteiger partial charge on any atom is 0.300 e. The Morgan fingerprint density at radius 3 is 1.67 bits per heavy atom. The zero-order valence-corrected chi connectivity index (χ0v) is 5.14. The van der Waals surface area contributed by atoms with Gasteiger partial charge in [-0.05, 0) is 0 Å². The molecule has 0 aromatic rings. The molecular weight excluding hydrogens is 146 g/mol. The van der Waals surface area contributed by atoms with Gasteiger partial charge >= 0.3 is 0 Å². The fraction of sp³-hybridized carbons (Fsp3) is 0.500. The van der Waals surface area contributed by atoms with E-state index in [1.54, 1.807) is 0 Å². The summed E-state index contributed by atoms with van der Waals surface area (Å²) in [6.07, 6.45) is 0. The Labute approximate surface area is 52.8 Å². The van der Waals surface area contributed by atoms with Crippen molar-refractivity contribution in [2.24, 2.45) is 0 Å². The van der Waals surface area contributed by atoms with E-state index in [0.717, 1.165) is 6.92 Å². The molecule has 0 aliphatic heterocycles. The van der Waals surface area contributed by atoms with Crippen LogP contribution in [0.1, 0.15) is 6.92 Å². The number of hydrogen-bond acceptors (Lipinski definition) is 1. The molecule has 6 heavy (non-hydrogen) atoms. The Balaban J connectivity index is -0.0000000450. The molecule has 0 bridgehead atoms. The first-order valence-corrected chi connectivity index (χ1v) is 0.928. The van der Waals surface area contributed by atoms with Crippen LogP contribution in [-0.4, -0.2) is 11.1 Å². The van der Waals surface area contributed by atoms with Gasteiger partial charge in [-0.3, -0.25) is 4.79 Å². The molecule has 0 aliphatic rings. The molecule has 1 N–H and O–H groups in total. The zero-order valence-electron chi connectivity index (χ0n) is 3.14. The van der Waals surface area contributed by atoms with Crippen LogP contribution in [0.3, 0.4) is 0 Å². The van der Waals surface area contributed by atoms with E-state index in [4.69, 9.17) is 9.90 Å². The van der Waals surface area contributed by atoms with Gasteiger partial charge in [0.1, 0.15) is 0 Å². The second kappa shape index (κ2) is 8.99. The smallest absolute Gasteiger partial charge is 0.300 e. The standard InChI is InChI=1S/C2H4O2.ClH.Mn/c1-2(3)4;;/h1H3,(H,3,4);1H;. The van der Waals surface area contributed by atoms with Crippen LogP contribution >= 0.6 is 12.4 Å². The molecule has 0 atom stereocenters. The molecule has 0 saturated heterocycles. The largest absolute Gasteiger partial charge is 0.481 e. The van der Waals surface area contributed by atoms with Gasteiger partial charge in [0.15, 0.2) is 0 Å². The molecule has 2 nitrogen and oxygen atoms in total. The molecule has 0 aromatic carbocycles. The summed E-state index contributed by atoms with van der Waals surface area (Å²) in [5, 5.41) is 7.42. The summed E-state index contributed by atoms with van der Waals surface area (Å²) in [5.41, 5.74) is 0. The van der Waals surface area contributed by atoms with Crippen molar-refractivity contribution in [2.75, 3.05) is 0 Å². The van der Waals surface area contributed by atoms with Crippen molar-refractivity contribution in [1.29, 1.82) is 0 Å². The summed E-state index contributed by atoms with van der Waals surface area (Å²) in [5.74, 6) is -0.833. The minimum Gasteiger partial charge on any atom is -0.481 e. The number of carbonyl (C=O) groups is 1. The van der Waals surface area contributed by atoms with Crippen LogP contribution in [0.5, 0.6) is 0 Å². The quantitative estimate of drug-likeness (QED) is 0.512. The fourth-order valence-electron chi connectivity index (χ4n) is 0.